The molecule has 28 heavy (non-hydrogen) atoms. The smallest absolute Gasteiger partial charge is 0.326 e. The lowest BCUT2D eigenvalue weighted by molar-refractivity contribution is -0.141. The highest BCUT2D eigenvalue weighted by Crippen LogP contribution is 2.11. The molecular formula is C22H26N2O4. The largest absolute Gasteiger partial charge is 0.480 e. The van der Waals surface area contributed by atoms with Gasteiger partial charge in [-0.1, -0.05) is 60.2 Å². The number of aliphatic carboxylic acids is 1. The molecule has 0 unspecified atom stereocenters. The number of hydrogen-bond donors (Lipinski definition) is 3. The Bertz CT molecular complexity index is 803. The number of amides is 2. The van der Waals surface area contributed by atoms with Crippen LogP contribution in [0.3, 0.4) is 0 Å². The summed E-state index contributed by atoms with van der Waals surface area (Å²) in [4.78, 5) is 35.6. The summed E-state index contributed by atoms with van der Waals surface area (Å²) in [5.74, 6) is -1.81. The molecule has 2 rings (SSSR count). The van der Waals surface area contributed by atoms with Crippen molar-refractivity contribution >= 4 is 17.8 Å². The number of rotatable bonds is 9. The fraction of sp³-hybridized carbons (Fsp3) is 0.318. The minimum Gasteiger partial charge on any atom is -0.480 e. The Morgan fingerprint density at radius 1 is 0.893 bits per heavy atom. The maximum atomic E-state index is 12.1. The molecule has 0 heterocycles. The van der Waals surface area contributed by atoms with Crippen molar-refractivity contribution < 1.29 is 19.5 Å². The molecule has 0 fully saturated rings. The number of hydrogen-bond acceptors (Lipinski definition) is 3. The second-order valence-electron chi connectivity index (χ2n) is 6.85. The average molecular weight is 382 g/mol. The van der Waals surface area contributed by atoms with Crippen molar-refractivity contribution in [3.8, 4) is 0 Å². The zero-order chi connectivity index (χ0) is 20.5. The van der Waals surface area contributed by atoms with Gasteiger partial charge in [-0.2, -0.15) is 0 Å². The molecule has 0 saturated carbocycles. The highest BCUT2D eigenvalue weighted by atomic mass is 16.4. The molecule has 0 aliphatic rings. The highest BCUT2D eigenvalue weighted by molar-refractivity contribution is 5.87. The number of nitrogens with one attached hydrogen (secondary N) is 2. The van der Waals surface area contributed by atoms with Crippen molar-refractivity contribution in [1.29, 1.82) is 0 Å². The molecule has 2 aromatic carbocycles. The van der Waals surface area contributed by atoms with Gasteiger partial charge in [0.1, 0.15) is 6.04 Å². The lowest BCUT2D eigenvalue weighted by Crippen LogP contribution is -2.42. The molecule has 0 spiro atoms. The standard InChI is InChI=1S/C22H26N2O4/c1-15-8-10-17(11-9-15)14-19(22(27)28)24-21(26)13-12-20(25)23-16(2)18-6-4-3-5-7-18/h3-11,16,19H,12-14H2,1-2H3,(H,23,25)(H,24,26)(H,27,28)/t16-,19-/m1/s1. The van der Waals surface area contributed by atoms with Crippen molar-refractivity contribution in [2.75, 3.05) is 0 Å². The highest BCUT2D eigenvalue weighted by Gasteiger charge is 2.21. The van der Waals surface area contributed by atoms with Gasteiger partial charge in [0.25, 0.3) is 0 Å². The van der Waals surface area contributed by atoms with E-state index in [1.807, 2.05) is 68.4 Å². The summed E-state index contributed by atoms with van der Waals surface area (Å²) in [5.41, 5.74) is 2.88. The van der Waals surface area contributed by atoms with Gasteiger partial charge in [0.15, 0.2) is 0 Å². The van der Waals surface area contributed by atoms with Crippen molar-refractivity contribution in [1.82, 2.24) is 10.6 Å². The summed E-state index contributed by atoms with van der Waals surface area (Å²) in [6, 6.07) is 15.8. The average Bonchev–Trinajstić information content (AvgIpc) is 2.68. The number of carbonyl (C=O) groups is 3. The number of aryl methyl sites for hydroxylation is 1. The van der Waals surface area contributed by atoms with Gasteiger partial charge < -0.3 is 15.7 Å². The third kappa shape index (κ3) is 6.87. The maximum Gasteiger partial charge on any atom is 0.326 e. The monoisotopic (exact) mass is 382 g/mol. The number of benzene rings is 2. The number of carbonyl (C=O) groups excluding carboxylic acids is 2. The lowest BCUT2D eigenvalue weighted by atomic mass is 10.0. The maximum absolute atomic E-state index is 12.1. The van der Waals surface area contributed by atoms with Crippen LogP contribution in [0, 0.1) is 6.92 Å². The molecule has 2 amide bonds. The van der Waals surface area contributed by atoms with Gasteiger partial charge in [0.05, 0.1) is 6.04 Å². The van der Waals surface area contributed by atoms with Crippen LogP contribution in [-0.2, 0) is 20.8 Å². The first-order chi connectivity index (χ1) is 13.3. The van der Waals surface area contributed by atoms with Gasteiger partial charge in [-0.3, -0.25) is 9.59 Å². The normalized spacial score (nSPS) is 12.6. The van der Waals surface area contributed by atoms with Gasteiger partial charge in [0.2, 0.25) is 11.8 Å². The molecule has 0 aliphatic carbocycles. The van der Waals surface area contributed by atoms with Crippen LogP contribution in [0.4, 0.5) is 0 Å². The van der Waals surface area contributed by atoms with Gasteiger partial charge in [-0.15, -0.1) is 0 Å². The zero-order valence-corrected chi connectivity index (χ0v) is 16.1. The molecule has 3 N–H and O–H groups in total. The van der Waals surface area contributed by atoms with E-state index < -0.39 is 17.9 Å². The van der Waals surface area contributed by atoms with Crippen LogP contribution in [0.1, 0.15) is 42.5 Å². The fourth-order valence-electron chi connectivity index (χ4n) is 2.79. The van der Waals surface area contributed by atoms with Crippen LogP contribution in [0.25, 0.3) is 0 Å². The van der Waals surface area contributed by atoms with Crippen LogP contribution >= 0.6 is 0 Å². The van der Waals surface area contributed by atoms with Crippen LogP contribution in [0.15, 0.2) is 54.6 Å². The number of carboxylic acids is 1. The zero-order valence-electron chi connectivity index (χ0n) is 16.1. The first-order valence-electron chi connectivity index (χ1n) is 9.27. The van der Waals surface area contributed by atoms with Crippen molar-refractivity contribution in [3.63, 3.8) is 0 Å². The summed E-state index contributed by atoms with van der Waals surface area (Å²) >= 11 is 0. The molecular weight excluding hydrogens is 356 g/mol. The quantitative estimate of drug-likeness (QED) is 0.621. The Hall–Kier alpha value is -3.15. The predicted molar refractivity (Wildman–Crippen MR) is 107 cm³/mol. The van der Waals surface area contributed by atoms with Crippen molar-refractivity contribution in [3.05, 3.63) is 71.3 Å². The van der Waals surface area contributed by atoms with Crippen LogP contribution in [0.5, 0.6) is 0 Å². The van der Waals surface area contributed by atoms with Gasteiger partial charge in [-0.25, -0.2) is 4.79 Å². The Balaban J connectivity index is 1.81. The molecule has 6 heteroatoms. The van der Waals surface area contributed by atoms with Crippen LogP contribution < -0.4 is 10.6 Å². The number of carboxylic acid groups (broad SMARTS) is 1. The lowest BCUT2D eigenvalue weighted by Gasteiger charge is -2.16. The molecule has 0 aromatic heterocycles. The summed E-state index contributed by atoms with van der Waals surface area (Å²) in [6.07, 6.45) is 0.128. The van der Waals surface area contributed by atoms with E-state index in [0.29, 0.717) is 0 Å². The first kappa shape index (κ1) is 21.2. The van der Waals surface area contributed by atoms with Gasteiger partial charge in [0, 0.05) is 19.3 Å². The fourth-order valence-corrected chi connectivity index (χ4v) is 2.79. The van der Waals surface area contributed by atoms with E-state index >= 15 is 0 Å². The molecule has 0 bridgehead atoms. The molecule has 0 saturated heterocycles. The summed E-state index contributed by atoms with van der Waals surface area (Å²) in [7, 11) is 0. The van der Waals surface area contributed by atoms with E-state index in [1.54, 1.807) is 0 Å². The van der Waals surface area contributed by atoms with E-state index in [9.17, 15) is 19.5 Å². The Labute approximate surface area is 165 Å². The molecule has 6 nitrogen and oxygen atoms in total. The summed E-state index contributed by atoms with van der Waals surface area (Å²) in [5, 5.41) is 14.7. The second-order valence-corrected chi connectivity index (χ2v) is 6.85. The third-order valence-corrected chi connectivity index (χ3v) is 4.45. The SMILES string of the molecule is Cc1ccc(C[C@@H](NC(=O)CCC(=O)N[C@H](C)c2ccccc2)C(=O)O)cc1. The minimum absolute atomic E-state index is 0.000121. The predicted octanol–water partition coefficient (Wildman–Crippen LogP) is 2.76. The van der Waals surface area contributed by atoms with E-state index in [0.717, 1.165) is 16.7 Å². The molecule has 0 radical (unpaired) electrons. The third-order valence-electron chi connectivity index (χ3n) is 4.45. The summed E-state index contributed by atoms with van der Waals surface area (Å²) < 4.78 is 0. The van der Waals surface area contributed by atoms with Crippen molar-refractivity contribution in [2.45, 2.75) is 45.2 Å². The topological polar surface area (TPSA) is 95.5 Å². The van der Waals surface area contributed by atoms with Gasteiger partial charge in [-0.05, 0) is 25.0 Å². The van der Waals surface area contributed by atoms with Crippen LogP contribution in [-0.4, -0.2) is 28.9 Å². The Morgan fingerprint density at radius 3 is 2.04 bits per heavy atom. The van der Waals surface area contributed by atoms with Crippen molar-refractivity contribution in [2.24, 2.45) is 0 Å². The molecule has 148 valence electrons. The first-order valence-corrected chi connectivity index (χ1v) is 9.27. The Morgan fingerprint density at radius 2 is 1.46 bits per heavy atom. The molecule has 2 aromatic rings. The second kappa shape index (κ2) is 10.3. The van der Waals surface area contributed by atoms with Gasteiger partial charge >= 0.3 is 5.97 Å². The van der Waals surface area contributed by atoms with E-state index in [4.69, 9.17) is 0 Å². The Kier molecular flexibility index (Phi) is 7.75. The van der Waals surface area contributed by atoms with Crippen LogP contribution in [0.2, 0.25) is 0 Å². The van der Waals surface area contributed by atoms with E-state index in [1.165, 1.54) is 0 Å². The van der Waals surface area contributed by atoms with E-state index in [-0.39, 0.29) is 31.2 Å². The minimum atomic E-state index is -1.10. The summed E-state index contributed by atoms with van der Waals surface area (Å²) in [6.45, 7) is 3.82. The molecule has 2 atom stereocenters. The van der Waals surface area contributed by atoms with E-state index in [2.05, 4.69) is 10.6 Å². The molecule has 0 aliphatic heterocycles.